The van der Waals surface area contributed by atoms with Crippen molar-refractivity contribution in [3.8, 4) is 11.8 Å². The van der Waals surface area contributed by atoms with Gasteiger partial charge in [-0.1, -0.05) is 36.1 Å². The number of hydrogen-bond acceptors (Lipinski definition) is 4. The number of aryl methyl sites for hydroxylation is 1. The van der Waals surface area contributed by atoms with E-state index in [2.05, 4.69) is 11.8 Å². The van der Waals surface area contributed by atoms with Gasteiger partial charge in [0.2, 0.25) is 0 Å². The van der Waals surface area contributed by atoms with Crippen LogP contribution in [0.3, 0.4) is 0 Å². The largest absolute Gasteiger partial charge is 0.429 e. The number of sulfonamides is 1. The third-order valence-electron chi connectivity index (χ3n) is 5.12. The number of rotatable bonds is 3. The lowest BCUT2D eigenvalue weighted by atomic mass is 9.85. The van der Waals surface area contributed by atoms with E-state index in [1.165, 1.54) is 24.3 Å². The van der Waals surface area contributed by atoms with Crippen LogP contribution >= 0.6 is 0 Å². The molecule has 1 saturated carbocycles. The monoisotopic (exact) mass is 465 g/mol. The van der Waals surface area contributed by atoms with E-state index in [4.69, 9.17) is 4.74 Å². The van der Waals surface area contributed by atoms with Crippen LogP contribution in [0.15, 0.2) is 53.4 Å². The second kappa shape index (κ2) is 9.25. The first-order chi connectivity index (χ1) is 15.0. The highest BCUT2D eigenvalue weighted by atomic mass is 32.2. The molecule has 0 aliphatic heterocycles. The molecule has 1 aliphatic rings. The molecule has 1 amide bonds. The molecule has 0 atom stereocenters. The normalized spacial score (nSPS) is 15.9. The van der Waals surface area contributed by atoms with E-state index >= 15 is 0 Å². The van der Waals surface area contributed by atoms with Crippen molar-refractivity contribution in [2.24, 2.45) is 0 Å². The number of amides is 1. The van der Waals surface area contributed by atoms with Gasteiger partial charge in [-0.15, -0.1) is 0 Å². The molecule has 1 fully saturated rings. The average Bonchev–Trinajstić information content (AvgIpc) is 2.72. The van der Waals surface area contributed by atoms with Crippen molar-refractivity contribution in [3.63, 3.8) is 0 Å². The van der Waals surface area contributed by atoms with Crippen LogP contribution in [0.2, 0.25) is 0 Å². The first kappa shape index (κ1) is 23.7. The van der Waals surface area contributed by atoms with Crippen molar-refractivity contribution in [1.82, 2.24) is 4.72 Å². The van der Waals surface area contributed by atoms with Crippen LogP contribution in [0.5, 0.6) is 0 Å². The Bertz CT molecular complexity index is 1140. The SMILES string of the molecule is Cc1ccc(S(=O)(=O)NC(=O)OC2(C#Cc3cccc(C(F)(F)F)c3)CCCCC2)cc1. The third-order valence-corrected chi connectivity index (χ3v) is 6.45. The highest BCUT2D eigenvalue weighted by Gasteiger charge is 2.36. The van der Waals surface area contributed by atoms with Crippen LogP contribution in [0.25, 0.3) is 0 Å². The van der Waals surface area contributed by atoms with Crippen molar-refractivity contribution < 1.29 is 31.1 Å². The fraction of sp³-hybridized carbons (Fsp3) is 0.348. The molecule has 0 radical (unpaired) electrons. The third kappa shape index (κ3) is 6.04. The lowest BCUT2D eigenvalue weighted by Gasteiger charge is -2.31. The van der Waals surface area contributed by atoms with E-state index < -0.39 is 33.5 Å². The molecule has 2 aromatic carbocycles. The molecule has 3 rings (SSSR count). The standard InChI is InChI=1S/C23H22F3NO4S/c1-17-8-10-20(11-9-17)32(29,30)27-21(28)31-22(13-3-2-4-14-22)15-12-18-6-5-7-19(16-18)23(24,25)26/h5-11,16H,2-4,13-14H2,1H3,(H,27,28). The Kier molecular flexibility index (Phi) is 6.84. The van der Waals surface area contributed by atoms with E-state index in [1.807, 2.05) is 4.72 Å². The number of carbonyl (C=O) groups excluding carboxylic acids is 1. The predicted molar refractivity (Wildman–Crippen MR) is 112 cm³/mol. The van der Waals surface area contributed by atoms with Crippen molar-refractivity contribution >= 4 is 16.1 Å². The van der Waals surface area contributed by atoms with Gasteiger partial charge < -0.3 is 4.74 Å². The van der Waals surface area contributed by atoms with Gasteiger partial charge in [0.25, 0.3) is 10.0 Å². The second-order valence-corrected chi connectivity index (χ2v) is 9.37. The smallest absolute Gasteiger partial charge is 0.422 e. The van der Waals surface area contributed by atoms with Crippen molar-refractivity contribution in [3.05, 3.63) is 65.2 Å². The van der Waals surface area contributed by atoms with Gasteiger partial charge in [-0.2, -0.15) is 13.2 Å². The number of halogens is 3. The molecule has 0 saturated heterocycles. The first-order valence-electron chi connectivity index (χ1n) is 10.0. The summed E-state index contributed by atoms with van der Waals surface area (Å²) >= 11 is 0. The Morgan fingerprint density at radius 1 is 1.06 bits per heavy atom. The number of carbonyl (C=O) groups is 1. The average molecular weight is 465 g/mol. The summed E-state index contributed by atoms with van der Waals surface area (Å²) in [5, 5.41) is 0. The molecule has 9 heteroatoms. The molecule has 0 heterocycles. The van der Waals surface area contributed by atoms with Crippen LogP contribution in [-0.2, 0) is 20.9 Å². The molecule has 0 aromatic heterocycles. The molecule has 0 bridgehead atoms. The second-order valence-electron chi connectivity index (χ2n) is 7.69. The summed E-state index contributed by atoms with van der Waals surface area (Å²) in [5.74, 6) is 5.47. The summed E-state index contributed by atoms with van der Waals surface area (Å²) in [6, 6.07) is 10.5. The summed E-state index contributed by atoms with van der Waals surface area (Å²) in [5.41, 5.74) is -1.12. The van der Waals surface area contributed by atoms with Gasteiger partial charge in [-0.05, 0) is 68.9 Å². The Labute approximate surface area is 185 Å². The zero-order valence-electron chi connectivity index (χ0n) is 17.3. The van der Waals surface area contributed by atoms with Crippen molar-refractivity contribution in [1.29, 1.82) is 0 Å². The van der Waals surface area contributed by atoms with E-state index in [0.29, 0.717) is 25.7 Å². The number of ether oxygens (including phenoxy) is 1. The summed E-state index contributed by atoms with van der Waals surface area (Å²) < 4.78 is 71.1. The van der Waals surface area contributed by atoms with E-state index in [0.717, 1.165) is 24.1 Å². The number of nitrogens with one attached hydrogen (secondary N) is 1. The molecule has 32 heavy (non-hydrogen) atoms. The summed E-state index contributed by atoms with van der Waals surface area (Å²) in [6.45, 7) is 1.80. The van der Waals surface area contributed by atoms with E-state index in [1.54, 1.807) is 19.1 Å². The molecular weight excluding hydrogens is 443 g/mol. The van der Waals surface area contributed by atoms with Gasteiger partial charge in [-0.25, -0.2) is 17.9 Å². The van der Waals surface area contributed by atoms with Gasteiger partial charge in [0, 0.05) is 5.56 Å². The van der Waals surface area contributed by atoms with Gasteiger partial charge in [0.05, 0.1) is 10.5 Å². The van der Waals surface area contributed by atoms with Gasteiger partial charge >= 0.3 is 12.3 Å². The molecule has 5 nitrogen and oxygen atoms in total. The molecule has 1 aliphatic carbocycles. The maximum atomic E-state index is 12.9. The van der Waals surface area contributed by atoms with E-state index in [9.17, 15) is 26.4 Å². The predicted octanol–water partition coefficient (Wildman–Crippen LogP) is 5.18. The van der Waals surface area contributed by atoms with Crippen LogP contribution in [-0.4, -0.2) is 20.1 Å². The van der Waals surface area contributed by atoms with E-state index in [-0.39, 0.29) is 10.5 Å². The Balaban J connectivity index is 1.81. The maximum Gasteiger partial charge on any atom is 0.422 e. The zero-order chi connectivity index (χ0) is 23.4. The van der Waals surface area contributed by atoms with Gasteiger partial charge in [-0.3, -0.25) is 0 Å². The molecule has 1 N–H and O–H groups in total. The Morgan fingerprint density at radius 3 is 2.34 bits per heavy atom. The lowest BCUT2D eigenvalue weighted by molar-refractivity contribution is -0.137. The van der Waals surface area contributed by atoms with Crippen molar-refractivity contribution in [2.45, 2.75) is 55.7 Å². The van der Waals surface area contributed by atoms with Crippen molar-refractivity contribution in [2.75, 3.05) is 0 Å². The molecule has 0 spiro atoms. The van der Waals surface area contributed by atoms with Crippen LogP contribution < -0.4 is 4.72 Å². The Hall–Kier alpha value is -2.99. The van der Waals surface area contributed by atoms with Crippen LogP contribution in [0.4, 0.5) is 18.0 Å². The Morgan fingerprint density at radius 2 is 1.72 bits per heavy atom. The molecule has 2 aromatic rings. The minimum absolute atomic E-state index is 0.0900. The zero-order valence-corrected chi connectivity index (χ0v) is 18.1. The first-order valence-corrected chi connectivity index (χ1v) is 11.5. The quantitative estimate of drug-likeness (QED) is 0.634. The van der Waals surface area contributed by atoms with Crippen LogP contribution in [0, 0.1) is 18.8 Å². The molecular formula is C23H22F3NO4S. The number of alkyl halides is 3. The summed E-state index contributed by atoms with van der Waals surface area (Å²) in [6.07, 6.45) is -2.69. The minimum Gasteiger partial charge on any atom is -0.429 e. The number of benzene rings is 2. The summed E-state index contributed by atoms with van der Waals surface area (Å²) in [7, 11) is -4.14. The van der Waals surface area contributed by atoms with Gasteiger partial charge in [0.1, 0.15) is 0 Å². The molecule has 0 unspecified atom stereocenters. The highest BCUT2D eigenvalue weighted by molar-refractivity contribution is 7.90. The number of hydrogen-bond donors (Lipinski definition) is 1. The maximum absolute atomic E-state index is 12.9. The topological polar surface area (TPSA) is 72.5 Å². The lowest BCUT2D eigenvalue weighted by Crippen LogP contribution is -2.41. The van der Waals surface area contributed by atoms with Crippen LogP contribution in [0.1, 0.15) is 48.8 Å². The fourth-order valence-corrected chi connectivity index (χ4v) is 4.29. The molecule has 170 valence electrons. The highest BCUT2D eigenvalue weighted by Crippen LogP contribution is 2.32. The fourth-order valence-electron chi connectivity index (χ4n) is 3.42. The minimum atomic E-state index is -4.50. The van der Waals surface area contributed by atoms with Gasteiger partial charge in [0.15, 0.2) is 5.60 Å². The summed E-state index contributed by atoms with van der Waals surface area (Å²) in [4.78, 5) is 12.4.